The van der Waals surface area contributed by atoms with Gasteiger partial charge in [0.2, 0.25) is 17.3 Å². The van der Waals surface area contributed by atoms with E-state index >= 15 is 4.79 Å². The number of methoxy groups -OCH3 is 1. The smallest absolute Gasteiger partial charge is 0.320 e. The first-order valence-corrected chi connectivity index (χ1v) is 29.9. The van der Waals surface area contributed by atoms with Crippen LogP contribution in [0.2, 0.25) is 0 Å². The Morgan fingerprint density at radius 2 is 1.06 bits per heavy atom. The van der Waals surface area contributed by atoms with Crippen LogP contribution in [0.5, 0.6) is 5.75 Å². The molecule has 474 valence electrons. The first-order valence-electron chi connectivity index (χ1n) is 29.9. The van der Waals surface area contributed by atoms with Crippen molar-refractivity contribution in [2.75, 3.05) is 7.11 Å². The minimum absolute atomic E-state index is 0.000661. The van der Waals surface area contributed by atoms with E-state index in [1.54, 1.807) is 27.7 Å². The number of carboxylic acids is 1. The Kier molecular flexibility index (Phi) is 19.3. The lowest BCUT2D eigenvalue weighted by molar-refractivity contribution is -0.316. The number of aliphatic carboxylic acids is 1. The second-order valence-electron chi connectivity index (χ2n) is 24.0. The highest BCUT2D eigenvalue weighted by molar-refractivity contribution is 6.28. The molecule has 0 saturated carbocycles. The molecule has 6 N–H and O–H groups in total. The number of carboxylic acid groups (broad SMARTS) is 1. The number of aliphatic hydroxyl groups excluding tert-OH is 2. The van der Waals surface area contributed by atoms with Crippen LogP contribution >= 0.6 is 0 Å². The largest absolute Gasteiger partial charge is 0.508 e. The standard InChI is InChI=1S/C60H79NO25/c1-24(58(70)71)59(72)84-40-13-18-45(77-30(40)7)82-37-11-16-43(75-27(37)4)81-36-10-17-44(76-26(36)3)83-38-12-19-46(78-28(38)5)85-54-33-22-31-21-32-49(35(63)23-41(73-8)51(32)64)52(65)48(31)55(67)60(33,56(68)50(53(54)66)57(61)69)86-47-20-14-39(29(6)79-47)80-42-15-9-34(62)25(2)74-42/h21,23-30,33-34,36-40,42-47,54,62,65,68H,9-20,22H2,1-8H3,(H2,61,69)(H,70,71)/t24-,25+,26-,27-,28+,29+,30-,33+,34-,36-,37-,38-,39-,40-,42-,43-,44-,45-,46-,47-,54+,60+/m0/s1. The molecule has 26 heteroatoms. The van der Waals surface area contributed by atoms with Gasteiger partial charge in [0.15, 0.2) is 60.8 Å². The number of nitrogens with two attached hydrogens (primary N) is 1. The van der Waals surface area contributed by atoms with E-state index in [-0.39, 0.29) is 54.5 Å². The Balaban J connectivity index is 0.785. The predicted octanol–water partition coefficient (Wildman–Crippen LogP) is 4.36. The molecule has 0 radical (unpaired) electrons. The number of Topliss-reactive ketones (excluding diaryl/α,β-unsaturated/α-hetero) is 3. The SMILES string of the molecule is COC1=CC(=O)c2c(cc3c(c2O)C(=O)[C@@]2(O[C@H]4CC[C@H](O[C@H]5CC[C@H](O)[C@@H](C)O5)[C@@H](C)O4)C(O)=C(C(N)=O)C(=O)[C@H](O[C@H]4CC[C@H](O[C@H]5CC[C@H](O[C@H]6CC[C@H](O[C@H]7CC[C@H](OC(=O)[C@@H](C)C(=O)O)[C@H](C)O7)[C@H](C)O6)[C@H](C)O5)[C@@H](C)O4)[C@H]2C3)C1=O. The third-order valence-corrected chi connectivity index (χ3v) is 18.2. The van der Waals surface area contributed by atoms with E-state index in [1.165, 1.54) is 20.1 Å². The molecule has 1 aromatic carbocycles. The summed E-state index contributed by atoms with van der Waals surface area (Å²) in [4.78, 5) is 94.3. The normalized spacial score (nSPS) is 39.8. The number of amides is 1. The van der Waals surface area contributed by atoms with Gasteiger partial charge in [-0.05, 0) is 105 Å². The number of phenolic OH excluding ortho intramolecular Hbond substituents is 1. The van der Waals surface area contributed by atoms with Crippen molar-refractivity contribution in [2.24, 2.45) is 17.6 Å². The molecule has 6 heterocycles. The number of rotatable bonds is 17. The van der Waals surface area contributed by atoms with Gasteiger partial charge in [-0.3, -0.25) is 33.6 Å². The van der Waals surface area contributed by atoms with Crippen molar-refractivity contribution in [3.63, 3.8) is 0 Å². The van der Waals surface area contributed by atoms with Gasteiger partial charge in [-0.15, -0.1) is 0 Å². The lowest BCUT2D eigenvalue weighted by Crippen LogP contribution is -2.65. The molecule has 1 amide bonds. The van der Waals surface area contributed by atoms with Gasteiger partial charge in [0, 0.05) is 56.1 Å². The van der Waals surface area contributed by atoms with Crippen LogP contribution in [0.25, 0.3) is 0 Å². The number of aliphatic hydroxyl groups is 2. The van der Waals surface area contributed by atoms with Crippen molar-refractivity contribution in [3.8, 4) is 5.75 Å². The van der Waals surface area contributed by atoms with Gasteiger partial charge in [0.1, 0.15) is 29.3 Å². The van der Waals surface area contributed by atoms with Gasteiger partial charge in [0.05, 0.1) is 85.4 Å². The highest BCUT2D eigenvalue weighted by Crippen LogP contribution is 2.52. The van der Waals surface area contributed by atoms with Crippen molar-refractivity contribution in [1.82, 2.24) is 0 Å². The molecule has 6 saturated heterocycles. The van der Waals surface area contributed by atoms with Crippen LogP contribution in [0.15, 0.2) is 29.2 Å². The van der Waals surface area contributed by atoms with Gasteiger partial charge in [-0.25, -0.2) is 0 Å². The first-order chi connectivity index (χ1) is 40.9. The van der Waals surface area contributed by atoms with E-state index in [1.807, 2.05) is 13.8 Å². The molecular formula is C60H79NO25. The van der Waals surface area contributed by atoms with E-state index in [4.69, 9.17) is 77.2 Å². The molecular weight excluding hydrogens is 1130 g/mol. The third-order valence-electron chi connectivity index (χ3n) is 18.2. The molecule has 3 aliphatic carbocycles. The van der Waals surface area contributed by atoms with Crippen LogP contribution in [-0.4, -0.2) is 191 Å². The van der Waals surface area contributed by atoms with Crippen molar-refractivity contribution in [2.45, 2.75) is 255 Å². The molecule has 26 nitrogen and oxygen atoms in total. The topological polar surface area (TPSA) is 356 Å². The average Bonchev–Trinajstić information content (AvgIpc) is 0.699. The molecule has 9 aliphatic rings. The van der Waals surface area contributed by atoms with Crippen LogP contribution in [0, 0.1) is 11.8 Å². The lowest BCUT2D eigenvalue weighted by Gasteiger charge is -2.50. The monoisotopic (exact) mass is 1210 g/mol. The van der Waals surface area contributed by atoms with Gasteiger partial charge < -0.3 is 92.5 Å². The van der Waals surface area contributed by atoms with Gasteiger partial charge in [-0.2, -0.15) is 0 Å². The van der Waals surface area contributed by atoms with E-state index in [2.05, 4.69) is 0 Å². The highest BCUT2D eigenvalue weighted by Gasteiger charge is 2.66. The zero-order chi connectivity index (χ0) is 61.8. The van der Waals surface area contributed by atoms with Gasteiger partial charge in [-0.1, -0.05) is 0 Å². The van der Waals surface area contributed by atoms with Crippen LogP contribution in [-0.2, 0) is 91.9 Å². The number of phenols is 1. The van der Waals surface area contributed by atoms with E-state index < -0.39 is 192 Å². The highest BCUT2D eigenvalue weighted by atomic mass is 16.8. The van der Waals surface area contributed by atoms with E-state index in [9.17, 15) is 44.1 Å². The summed E-state index contributed by atoms with van der Waals surface area (Å²) in [5.74, 6) is -12.5. The molecule has 1 aromatic rings. The summed E-state index contributed by atoms with van der Waals surface area (Å²) in [7, 11) is 1.20. The summed E-state index contributed by atoms with van der Waals surface area (Å²) < 4.78 is 86.5. The number of ketones is 4. The summed E-state index contributed by atoms with van der Waals surface area (Å²) >= 11 is 0. The number of fused-ring (bicyclic) bond motifs is 3. The fourth-order valence-corrected chi connectivity index (χ4v) is 13.2. The Morgan fingerprint density at radius 1 is 0.616 bits per heavy atom. The summed E-state index contributed by atoms with van der Waals surface area (Å²) in [6, 6.07) is 1.25. The Hall–Kier alpha value is -5.33. The summed E-state index contributed by atoms with van der Waals surface area (Å²) in [5, 5.41) is 43.7. The van der Waals surface area contributed by atoms with E-state index in [0.29, 0.717) is 57.8 Å². The third kappa shape index (κ3) is 12.7. The average molecular weight is 1210 g/mol. The van der Waals surface area contributed by atoms with Crippen molar-refractivity contribution in [3.05, 3.63) is 51.5 Å². The van der Waals surface area contributed by atoms with Crippen molar-refractivity contribution in [1.29, 1.82) is 0 Å². The number of primary amides is 1. The number of aromatic hydroxyl groups is 1. The van der Waals surface area contributed by atoms with Crippen LogP contribution in [0.3, 0.4) is 0 Å². The number of hydrogen-bond acceptors (Lipinski definition) is 24. The maximum atomic E-state index is 15.6. The van der Waals surface area contributed by atoms with Crippen LogP contribution in [0.1, 0.15) is 162 Å². The molecule has 0 aromatic heterocycles. The number of ether oxygens (including phenoxy) is 14. The minimum Gasteiger partial charge on any atom is -0.508 e. The Bertz CT molecular complexity index is 2850. The quantitative estimate of drug-likeness (QED) is 0.0821. The van der Waals surface area contributed by atoms with E-state index in [0.717, 1.165) is 6.08 Å². The zero-order valence-corrected chi connectivity index (χ0v) is 49.4. The van der Waals surface area contributed by atoms with Crippen LogP contribution in [0.4, 0.5) is 0 Å². The molecule has 10 rings (SSSR count). The number of hydrogen-bond donors (Lipinski definition) is 5. The molecule has 0 bridgehead atoms. The first kappa shape index (κ1) is 63.7. The Labute approximate surface area is 496 Å². The van der Waals surface area contributed by atoms with Gasteiger partial charge in [0.25, 0.3) is 5.91 Å². The second kappa shape index (κ2) is 26.0. The number of carbonyl (C=O) groups excluding carboxylic acids is 6. The molecule has 6 aliphatic heterocycles. The number of carbonyl (C=O) groups is 7. The predicted molar refractivity (Wildman–Crippen MR) is 290 cm³/mol. The number of esters is 1. The fraction of sp³-hybridized carbons (Fsp3) is 0.717. The number of benzene rings is 1. The lowest BCUT2D eigenvalue weighted by atomic mass is 9.62. The van der Waals surface area contributed by atoms with Crippen molar-refractivity contribution >= 4 is 41.0 Å². The fourth-order valence-electron chi connectivity index (χ4n) is 13.2. The van der Waals surface area contributed by atoms with Crippen molar-refractivity contribution < 1.29 is 120 Å². The van der Waals surface area contributed by atoms with Crippen LogP contribution < -0.4 is 5.73 Å². The maximum absolute atomic E-state index is 15.6. The summed E-state index contributed by atoms with van der Waals surface area (Å²) in [6.07, 6.45) is -7.55. The molecule has 86 heavy (non-hydrogen) atoms. The second-order valence-corrected chi connectivity index (χ2v) is 24.0. The van der Waals surface area contributed by atoms with Gasteiger partial charge >= 0.3 is 11.9 Å². The summed E-state index contributed by atoms with van der Waals surface area (Å²) in [6.45, 7) is 12.0. The Morgan fingerprint density at radius 3 is 1.51 bits per heavy atom. The molecule has 6 fully saturated rings. The zero-order valence-electron chi connectivity index (χ0n) is 49.4. The minimum atomic E-state index is -2.73. The summed E-state index contributed by atoms with van der Waals surface area (Å²) in [5.41, 5.74) is 0.852. The molecule has 0 spiro atoms. The number of allylic oxidation sites excluding steroid dienone is 2. The molecule has 0 unspecified atom stereocenters. The maximum Gasteiger partial charge on any atom is 0.320 e. The molecule has 22 atom stereocenters.